The van der Waals surface area contributed by atoms with Gasteiger partial charge in [0.05, 0.1) is 4.92 Å². The van der Waals surface area contributed by atoms with Crippen molar-refractivity contribution in [3.8, 4) is 0 Å². The van der Waals surface area contributed by atoms with Gasteiger partial charge in [-0.1, -0.05) is 18.2 Å². The van der Waals surface area contributed by atoms with E-state index in [-0.39, 0.29) is 5.69 Å². The summed E-state index contributed by atoms with van der Waals surface area (Å²) >= 11 is 5.06. The molecule has 0 saturated heterocycles. The van der Waals surface area contributed by atoms with Gasteiger partial charge in [-0.15, -0.1) is 0 Å². The molecule has 0 aliphatic carbocycles. The zero-order chi connectivity index (χ0) is 13.7. The summed E-state index contributed by atoms with van der Waals surface area (Å²) in [5, 5.41) is 17.0. The molecule has 0 radical (unpaired) electrons. The number of nitrogens with zero attached hydrogens (tertiary/aromatic N) is 1. The number of anilines is 1. The number of nitro groups is 1. The van der Waals surface area contributed by atoms with Crippen LogP contribution in [0.15, 0.2) is 30.4 Å². The van der Waals surface area contributed by atoms with Crippen LogP contribution in [0, 0.1) is 17.0 Å². The van der Waals surface area contributed by atoms with Gasteiger partial charge >= 0.3 is 0 Å². The zero-order valence-electron chi connectivity index (χ0n) is 10.3. The molecule has 0 fully saturated rings. The number of nitrogens with one attached hydrogen (secondary N) is 2. The molecule has 5 nitrogen and oxygen atoms in total. The highest BCUT2D eigenvalue weighted by atomic mass is 32.1. The number of hydrogen-bond acceptors (Lipinski definition) is 3. The van der Waals surface area contributed by atoms with Crippen molar-refractivity contribution in [2.24, 2.45) is 0 Å². The molecule has 0 heterocycles. The highest BCUT2D eigenvalue weighted by molar-refractivity contribution is 7.80. The van der Waals surface area contributed by atoms with Crippen molar-refractivity contribution in [3.05, 3.63) is 46.0 Å². The number of nitro benzene ring substituents is 1. The van der Waals surface area contributed by atoms with E-state index in [4.69, 9.17) is 12.2 Å². The quantitative estimate of drug-likeness (QED) is 0.379. The third kappa shape index (κ3) is 4.14. The van der Waals surface area contributed by atoms with E-state index in [1.165, 1.54) is 6.07 Å². The normalized spacial score (nSPS) is 9.67. The highest BCUT2D eigenvalue weighted by Crippen LogP contribution is 2.22. The first-order chi connectivity index (χ1) is 8.40. The predicted octanol–water partition coefficient (Wildman–Crippen LogP) is 2.77. The van der Waals surface area contributed by atoms with E-state index in [1.807, 2.05) is 6.92 Å². The van der Waals surface area contributed by atoms with Crippen LogP contribution in [0.5, 0.6) is 0 Å². The number of rotatable bonds is 4. The first-order valence-electron chi connectivity index (χ1n) is 5.34. The Balaban J connectivity index is 2.73. The second-order valence-corrected chi connectivity index (χ2v) is 4.43. The lowest BCUT2D eigenvalue weighted by atomic mass is 10.2. The molecular weight excluding hydrogens is 250 g/mol. The molecule has 1 rings (SSSR count). The fraction of sp³-hybridized carbons (Fsp3) is 0.250. The standard InChI is InChI=1S/C12H15N3O2S/c1-8(2)7-13-12(18)14-10-5-4-9(3)11(6-10)15(16)17/h4-6H,1,7H2,2-3H3,(H2,13,14,18). The van der Waals surface area contributed by atoms with Gasteiger partial charge in [0, 0.05) is 23.9 Å². The van der Waals surface area contributed by atoms with Crippen LogP contribution in [0.1, 0.15) is 12.5 Å². The van der Waals surface area contributed by atoms with Crippen LogP contribution in [0.25, 0.3) is 0 Å². The Labute approximate surface area is 111 Å². The molecule has 1 aromatic carbocycles. The van der Waals surface area contributed by atoms with E-state index in [0.29, 0.717) is 22.9 Å². The van der Waals surface area contributed by atoms with Gasteiger partial charge in [-0.2, -0.15) is 0 Å². The van der Waals surface area contributed by atoms with Crippen LogP contribution < -0.4 is 10.6 Å². The Bertz CT molecular complexity index is 500. The molecule has 96 valence electrons. The minimum atomic E-state index is -0.412. The molecule has 0 saturated carbocycles. The summed E-state index contributed by atoms with van der Waals surface area (Å²) in [5.41, 5.74) is 2.23. The molecule has 0 amide bonds. The smallest absolute Gasteiger partial charge is 0.274 e. The molecule has 6 heteroatoms. The first-order valence-corrected chi connectivity index (χ1v) is 5.75. The molecule has 0 aliphatic rings. The topological polar surface area (TPSA) is 67.2 Å². The average Bonchev–Trinajstić information content (AvgIpc) is 2.28. The maximum Gasteiger partial charge on any atom is 0.274 e. The van der Waals surface area contributed by atoms with Crippen molar-refractivity contribution in [3.63, 3.8) is 0 Å². The highest BCUT2D eigenvalue weighted by Gasteiger charge is 2.11. The Morgan fingerprint density at radius 1 is 1.56 bits per heavy atom. The zero-order valence-corrected chi connectivity index (χ0v) is 11.1. The number of thiocarbonyl (C=S) groups is 1. The van der Waals surface area contributed by atoms with E-state index >= 15 is 0 Å². The summed E-state index contributed by atoms with van der Waals surface area (Å²) in [7, 11) is 0. The Hall–Kier alpha value is -1.95. The van der Waals surface area contributed by atoms with Crippen molar-refractivity contribution in [1.29, 1.82) is 0 Å². The fourth-order valence-electron chi connectivity index (χ4n) is 1.29. The molecule has 2 N–H and O–H groups in total. The van der Waals surface area contributed by atoms with Crippen LogP contribution in [0.2, 0.25) is 0 Å². The molecule has 0 unspecified atom stereocenters. The van der Waals surface area contributed by atoms with Crippen LogP contribution in [-0.4, -0.2) is 16.6 Å². The number of hydrogen-bond donors (Lipinski definition) is 2. The lowest BCUT2D eigenvalue weighted by molar-refractivity contribution is -0.385. The average molecular weight is 265 g/mol. The predicted molar refractivity (Wildman–Crippen MR) is 76.9 cm³/mol. The van der Waals surface area contributed by atoms with E-state index < -0.39 is 4.92 Å². The van der Waals surface area contributed by atoms with Crippen LogP contribution in [0.4, 0.5) is 11.4 Å². The van der Waals surface area contributed by atoms with Crippen LogP contribution >= 0.6 is 12.2 Å². The van der Waals surface area contributed by atoms with Crippen LogP contribution in [0.3, 0.4) is 0 Å². The lowest BCUT2D eigenvalue weighted by Gasteiger charge is -2.10. The minimum Gasteiger partial charge on any atom is -0.359 e. The molecule has 0 spiro atoms. The maximum atomic E-state index is 10.8. The lowest BCUT2D eigenvalue weighted by Crippen LogP contribution is -2.29. The van der Waals surface area contributed by atoms with Crippen molar-refractivity contribution in [2.45, 2.75) is 13.8 Å². The largest absolute Gasteiger partial charge is 0.359 e. The fourth-order valence-corrected chi connectivity index (χ4v) is 1.48. The monoisotopic (exact) mass is 265 g/mol. The molecule has 0 bridgehead atoms. The second-order valence-electron chi connectivity index (χ2n) is 4.02. The molecular formula is C12H15N3O2S. The van der Waals surface area contributed by atoms with Gasteiger partial charge in [0.1, 0.15) is 0 Å². The van der Waals surface area contributed by atoms with E-state index in [9.17, 15) is 10.1 Å². The van der Waals surface area contributed by atoms with Gasteiger partial charge in [0.15, 0.2) is 5.11 Å². The van der Waals surface area contributed by atoms with Gasteiger partial charge < -0.3 is 10.6 Å². The van der Waals surface area contributed by atoms with Crippen molar-refractivity contribution < 1.29 is 4.92 Å². The second kappa shape index (κ2) is 6.11. The van der Waals surface area contributed by atoms with E-state index in [1.54, 1.807) is 19.1 Å². The Kier molecular flexibility index (Phi) is 4.79. The summed E-state index contributed by atoms with van der Waals surface area (Å²) in [5.74, 6) is 0. The van der Waals surface area contributed by atoms with Gasteiger partial charge in [-0.05, 0) is 32.1 Å². The van der Waals surface area contributed by atoms with Crippen molar-refractivity contribution in [1.82, 2.24) is 5.32 Å². The summed E-state index contributed by atoms with van der Waals surface area (Å²) in [6.45, 7) is 7.89. The van der Waals surface area contributed by atoms with Crippen LogP contribution in [-0.2, 0) is 0 Å². The molecule has 1 aromatic rings. The summed E-state index contributed by atoms with van der Waals surface area (Å²) in [6.07, 6.45) is 0. The third-order valence-electron chi connectivity index (χ3n) is 2.21. The summed E-state index contributed by atoms with van der Waals surface area (Å²) < 4.78 is 0. The third-order valence-corrected chi connectivity index (χ3v) is 2.46. The first kappa shape index (κ1) is 14.1. The van der Waals surface area contributed by atoms with Gasteiger partial charge in [0.25, 0.3) is 5.69 Å². The van der Waals surface area contributed by atoms with Gasteiger partial charge in [-0.3, -0.25) is 10.1 Å². The molecule has 0 aromatic heterocycles. The maximum absolute atomic E-state index is 10.8. The summed E-state index contributed by atoms with van der Waals surface area (Å²) in [4.78, 5) is 10.4. The minimum absolute atomic E-state index is 0.0719. The number of benzene rings is 1. The van der Waals surface area contributed by atoms with Crippen molar-refractivity contribution in [2.75, 3.05) is 11.9 Å². The SMILES string of the molecule is C=C(C)CNC(=S)Nc1ccc(C)c([N+](=O)[O-])c1. The van der Waals surface area contributed by atoms with Gasteiger partial charge in [-0.25, -0.2) is 0 Å². The van der Waals surface area contributed by atoms with Crippen molar-refractivity contribution >= 4 is 28.7 Å². The molecule has 0 atom stereocenters. The number of aryl methyl sites for hydroxylation is 1. The molecule has 0 aliphatic heterocycles. The Morgan fingerprint density at radius 2 is 2.22 bits per heavy atom. The molecule has 18 heavy (non-hydrogen) atoms. The van der Waals surface area contributed by atoms with Gasteiger partial charge in [0.2, 0.25) is 0 Å². The van der Waals surface area contributed by atoms with E-state index in [0.717, 1.165) is 5.57 Å². The van der Waals surface area contributed by atoms with E-state index in [2.05, 4.69) is 17.2 Å². The summed E-state index contributed by atoms with van der Waals surface area (Å²) in [6, 6.07) is 4.89. The Morgan fingerprint density at radius 3 is 2.78 bits per heavy atom.